The van der Waals surface area contributed by atoms with Crippen molar-refractivity contribution in [2.45, 2.75) is 31.3 Å². The number of hydrogen-bond donors (Lipinski definition) is 2. The highest BCUT2D eigenvalue weighted by molar-refractivity contribution is 5.99. The molecule has 2 bridgehead atoms. The molecular weight excluding hydrogens is 349 g/mol. The van der Waals surface area contributed by atoms with E-state index in [0.717, 1.165) is 18.4 Å². The maximum absolute atomic E-state index is 14.0. The maximum Gasteiger partial charge on any atom is 0.257 e. The highest BCUT2D eigenvalue weighted by atomic mass is 19.1. The Morgan fingerprint density at radius 3 is 3.00 bits per heavy atom. The SMILES string of the molecule is CC1COc2ccc(F)cc2C2(CC2)Nc2ccn3ncc(c3n2)C(=O)N1. The maximum atomic E-state index is 14.0. The minimum absolute atomic E-state index is 0.239. The molecule has 1 atom stereocenters. The van der Waals surface area contributed by atoms with Crippen LogP contribution in [-0.4, -0.2) is 33.2 Å². The Kier molecular flexibility index (Phi) is 3.37. The van der Waals surface area contributed by atoms with Crippen molar-refractivity contribution < 1.29 is 13.9 Å². The molecular formula is C19H18FN5O2. The molecule has 0 saturated heterocycles. The predicted molar refractivity (Wildman–Crippen MR) is 96.3 cm³/mol. The van der Waals surface area contributed by atoms with Gasteiger partial charge in [-0.3, -0.25) is 4.79 Å². The molecule has 3 heterocycles. The minimum atomic E-state index is -0.419. The van der Waals surface area contributed by atoms with Crippen LogP contribution in [0.25, 0.3) is 5.65 Å². The van der Waals surface area contributed by atoms with Crippen LogP contribution in [-0.2, 0) is 5.54 Å². The van der Waals surface area contributed by atoms with Crippen LogP contribution in [0.2, 0.25) is 0 Å². The molecule has 8 heteroatoms. The summed E-state index contributed by atoms with van der Waals surface area (Å²) >= 11 is 0. The molecule has 1 aromatic carbocycles. The van der Waals surface area contributed by atoms with Crippen molar-refractivity contribution in [2.24, 2.45) is 0 Å². The number of aromatic nitrogens is 3. The third-order valence-electron chi connectivity index (χ3n) is 5.05. The van der Waals surface area contributed by atoms with Crippen LogP contribution in [0.5, 0.6) is 5.75 Å². The van der Waals surface area contributed by atoms with Gasteiger partial charge < -0.3 is 15.4 Å². The number of nitrogens with one attached hydrogen (secondary N) is 2. The first kappa shape index (κ1) is 16.0. The highest BCUT2D eigenvalue weighted by Crippen LogP contribution is 2.51. The largest absolute Gasteiger partial charge is 0.491 e. The molecule has 2 aromatic heterocycles. The standard InChI is InChI=1S/C19H18FN5O2/c1-11-10-27-15-3-2-12(20)8-14(15)19(5-6-19)24-16-4-7-25-17(23-16)13(9-21-25)18(26)22-11/h2-4,7-9,11H,5-6,10H2,1H3,(H,22,26)(H,23,24). The van der Waals surface area contributed by atoms with Gasteiger partial charge in [0.05, 0.1) is 17.8 Å². The van der Waals surface area contributed by atoms with E-state index >= 15 is 0 Å². The van der Waals surface area contributed by atoms with Gasteiger partial charge in [0.2, 0.25) is 0 Å². The van der Waals surface area contributed by atoms with Crippen LogP contribution >= 0.6 is 0 Å². The first-order chi connectivity index (χ1) is 13.0. The van der Waals surface area contributed by atoms with Gasteiger partial charge in [-0.15, -0.1) is 0 Å². The topological polar surface area (TPSA) is 80.6 Å². The zero-order valence-corrected chi connectivity index (χ0v) is 14.7. The molecule has 7 nitrogen and oxygen atoms in total. The zero-order valence-electron chi connectivity index (χ0n) is 14.7. The molecule has 1 amide bonds. The van der Waals surface area contributed by atoms with E-state index in [1.54, 1.807) is 22.8 Å². The van der Waals surface area contributed by atoms with Gasteiger partial charge in [0.25, 0.3) is 5.91 Å². The number of anilines is 1. The van der Waals surface area contributed by atoms with E-state index in [-0.39, 0.29) is 24.4 Å². The molecule has 1 aliphatic carbocycles. The van der Waals surface area contributed by atoms with Gasteiger partial charge in [-0.05, 0) is 44.0 Å². The molecule has 2 aliphatic rings. The summed E-state index contributed by atoms with van der Waals surface area (Å²) in [5.74, 6) is 0.658. The van der Waals surface area contributed by atoms with Crippen molar-refractivity contribution in [3.8, 4) is 5.75 Å². The molecule has 5 rings (SSSR count). The van der Waals surface area contributed by atoms with Gasteiger partial charge in [-0.2, -0.15) is 5.10 Å². The molecule has 1 saturated carbocycles. The summed E-state index contributed by atoms with van der Waals surface area (Å²) in [7, 11) is 0. The Labute approximate surface area is 154 Å². The van der Waals surface area contributed by atoms with Gasteiger partial charge in [0, 0.05) is 11.8 Å². The molecule has 1 aliphatic heterocycles. The lowest BCUT2D eigenvalue weighted by atomic mass is 10.0. The van der Waals surface area contributed by atoms with Gasteiger partial charge >= 0.3 is 0 Å². The third-order valence-corrected chi connectivity index (χ3v) is 5.05. The van der Waals surface area contributed by atoms with E-state index in [2.05, 4.69) is 20.7 Å². The van der Waals surface area contributed by atoms with Crippen LogP contribution in [0.3, 0.4) is 0 Å². The van der Waals surface area contributed by atoms with E-state index < -0.39 is 5.54 Å². The quantitative estimate of drug-likeness (QED) is 0.638. The summed E-state index contributed by atoms with van der Waals surface area (Å²) in [6.45, 7) is 2.13. The van der Waals surface area contributed by atoms with Gasteiger partial charge in [-0.1, -0.05) is 0 Å². The normalized spacial score (nSPS) is 20.7. The van der Waals surface area contributed by atoms with E-state index in [0.29, 0.717) is 22.8 Å². The van der Waals surface area contributed by atoms with Crippen molar-refractivity contribution in [3.63, 3.8) is 0 Å². The fourth-order valence-corrected chi connectivity index (χ4v) is 3.49. The third kappa shape index (κ3) is 2.68. The lowest BCUT2D eigenvalue weighted by Gasteiger charge is -2.23. The van der Waals surface area contributed by atoms with Crippen LogP contribution in [0.1, 0.15) is 35.7 Å². The van der Waals surface area contributed by atoms with E-state index in [1.165, 1.54) is 18.3 Å². The molecule has 1 fully saturated rings. The lowest BCUT2D eigenvalue weighted by Crippen LogP contribution is -2.37. The molecule has 1 spiro atoms. The van der Waals surface area contributed by atoms with Crippen molar-refractivity contribution in [3.05, 3.63) is 53.6 Å². The number of carbonyl (C=O) groups excluding carboxylic acids is 1. The van der Waals surface area contributed by atoms with Crippen molar-refractivity contribution >= 4 is 17.4 Å². The van der Waals surface area contributed by atoms with Gasteiger partial charge in [-0.25, -0.2) is 13.9 Å². The number of halogens is 1. The average Bonchev–Trinajstić information content (AvgIpc) is 3.29. The van der Waals surface area contributed by atoms with Crippen molar-refractivity contribution in [1.82, 2.24) is 19.9 Å². The number of amides is 1. The van der Waals surface area contributed by atoms with E-state index in [9.17, 15) is 9.18 Å². The number of hydrogen-bond acceptors (Lipinski definition) is 5. The highest BCUT2D eigenvalue weighted by Gasteiger charge is 2.47. The Balaban J connectivity index is 1.66. The number of rotatable bonds is 0. The zero-order chi connectivity index (χ0) is 18.6. The summed E-state index contributed by atoms with van der Waals surface area (Å²) in [6, 6.07) is 6.10. The molecule has 27 heavy (non-hydrogen) atoms. The predicted octanol–water partition coefficient (Wildman–Crippen LogP) is 2.48. The monoisotopic (exact) mass is 367 g/mol. The summed E-state index contributed by atoms with van der Waals surface area (Å²) < 4.78 is 21.5. The number of nitrogens with zero attached hydrogens (tertiary/aromatic N) is 3. The van der Waals surface area contributed by atoms with E-state index in [4.69, 9.17) is 4.74 Å². The summed E-state index contributed by atoms with van der Waals surface area (Å²) in [6.07, 6.45) is 4.95. The number of carbonyl (C=O) groups is 1. The molecule has 2 N–H and O–H groups in total. The van der Waals surface area contributed by atoms with Crippen LogP contribution < -0.4 is 15.4 Å². The van der Waals surface area contributed by atoms with Crippen LogP contribution in [0, 0.1) is 5.82 Å². The second kappa shape index (κ2) is 5.67. The summed E-state index contributed by atoms with van der Waals surface area (Å²) in [4.78, 5) is 17.2. The van der Waals surface area contributed by atoms with Crippen LogP contribution in [0.4, 0.5) is 10.2 Å². The lowest BCUT2D eigenvalue weighted by molar-refractivity contribution is 0.0928. The minimum Gasteiger partial charge on any atom is -0.491 e. The Hall–Kier alpha value is -3.16. The second-order valence-corrected chi connectivity index (χ2v) is 7.17. The fraction of sp³-hybridized carbons (Fsp3) is 0.316. The summed E-state index contributed by atoms with van der Waals surface area (Å²) in [5.41, 5.74) is 1.23. The molecule has 138 valence electrons. The smallest absolute Gasteiger partial charge is 0.257 e. The Morgan fingerprint density at radius 1 is 1.33 bits per heavy atom. The molecule has 3 aromatic rings. The van der Waals surface area contributed by atoms with Crippen molar-refractivity contribution in [2.75, 3.05) is 11.9 Å². The molecule has 0 radical (unpaired) electrons. The van der Waals surface area contributed by atoms with Gasteiger partial charge in [0.1, 0.15) is 29.6 Å². The Morgan fingerprint density at radius 2 is 2.19 bits per heavy atom. The average molecular weight is 367 g/mol. The Bertz CT molecular complexity index is 1060. The first-order valence-electron chi connectivity index (χ1n) is 8.90. The number of fused-ring (bicyclic) bond motifs is 3. The second-order valence-electron chi connectivity index (χ2n) is 7.17. The number of ether oxygens (including phenoxy) is 1. The number of benzene rings is 1. The van der Waals surface area contributed by atoms with E-state index in [1.807, 2.05) is 6.92 Å². The van der Waals surface area contributed by atoms with Gasteiger partial charge in [0.15, 0.2) is 5.65 Å². The molecule has 1 unspecified atom stereocenters. The van der Waals surface area contributed by atoms with Crippen LogP contribution in [0.15, 0.2) is 36.7 Å². The van der Waals surface area contributed by atoms with Crippen molar-refractivity contribution in [1.29, 1.82) is 0 Å². The summed E-state index contributed by atoms with van der Waals surface area (Å²) in [5, 5.41) is 10.5. The first-order valence-corrected chi connectivity index (χ1v) is 8.90. The fourth-order valence-electron chi connectivity index (χ4n) is 3.49.